The zero-order valence-electron chi connectivity index (χ0n) is 10.4. The van der Waals surface area contributed by atoms with Crippen LogP contribution in [0.3, 0.4) is 0 Å². The van der Waals surface area contributed by atoms with Crippen molar-refractivity contribution in [3.63, 3.8) is 0 Å². The molecule has 2 fully saturated rings. The third-order valence-electron chi connectivity index (χ3n) is 3.96. The number of rotatable bonds is 2. The minimum absolute atomic E-state index is 0.118. The van der Waals surface area contributed by atoms with Gasteiger partial charge in [0.1, 0.15) is 0 Å². The first-order valence-electron chi connectivity index (χ1n) is 6.58. The zero-order chi connectivity index (χ0) is 12.5. The van der Waals surface area contributed by atoms with Crippen LogP contribution in [-0.4, -0.2) is 34.0 Å². The summed E-state index contributed by atoms with van der Waals surface area (Å²) in [5, 5.41) is 10.5. The first kappa shape index (κ1) is 12.6. The van der Waals surface area contributed by atoms with Gasteiger partial charge in [0, 0.05) is 12.3 Å². The van der Waals surface area contributed by atoms with E-state index in [1.54, 1.807) is 6.92 Å². The van der Waals surface area contributed by atoms with Gasteiger partial charge in [-0.3, -0.25) is 14.5 Å². The summed E-state index contributed by atoms with van der Waals surface area (Å²) in [5.41, 5.74) is -0.841. The second kappa shape index (κ2) is 4.77. The normalized spacial score (nSPS) is 29.5. The Bertz CT molecular complexity index is 319. The highest BCUT2D eigenvalue weighted by atomic mass is 16.3. The molecule has 4 nitrogen and oxygen atoms in total. The highest BCUT2D eigenvalue weighted by Gasteiger charge is 2.40. The van der Waals surface area contributed by atoms with Gasteiger partial charge in [-0.1, -0.05) is 32.6 Å². The van der Waals surface area contributed by atoms with Crippen LogP contribution in [0.25, 0.3) is 0 Å². The molecule has 96 valence electrons. The molecule has 1 saturated carbocycles. The van der Waals surface area contributed by atoms with E-state index in [4.69, 9.17) is 0 Å². The van der Waals surface area contributed by atoms with Crippen LogP contribution < -0.4 is 0 Å². The molecule has 4 heteroatoms. The van der Waals surface area contributed by atoms with Crippen LogP contribution in [0.2, 0.25) is 0 Å². The Labute approximate surface area is 102 Å². The maximum Gasteiger partial charge on any atom is 0.232 e. The molecule has 1 aliphatic heterocycles. The number of imide groups is 1. The fourth-order valence-corrected chi connectivity index (χ4v) is 2.85. The Morgan fingerprint density at radius 2 is 1.82 bits per heavy atom. The van der Waals surface area contributed by atoms with Crippen molar-refractivity contribution in [2.45, 2.75) is 57.5 Å². The maximum atomic E-state index is 11.8. The summed E-state index contributed by atoms with van der Waals surface area (Å²) in [7, 11) is 0. The van der Waals surface area contributed by atoms with E-state index < -0.39 is 5.60 Å². The first-order chi connectivity index (χ1) is 8.02. The van der Waals surface area contributed by atoms with Crippen LogP contribution in [-0.2, 0) is 9.59 Å². The monoisotopic (exact) mass is 239 g/mol. The molecule has 2 aliphatic rings. The van der Waals surface area contributed by atoms with Crippen molar-refractivity contribution in [3.05, 3.63) is 0 Å². The van der Waals surface area contributed by atoms with Crippen LogP contribution in [0.4, 0.5) is 0 Å². The average Bonchev–Trinajstić information content (AvgIpc) is 2.48. The van der Waals surface area contributed by atoms with Crippen LogP contribution >= 0.6 is 0 Å². The van der Waals surface area contributed by atoms with E-state index in [-0.39, 0.29) is 24.3 Å². The fourth-order valence-electron chi connectivity index (χ4n) is 2.85. The lowest BCUT2D eigenvalue weighted by molar-refractivity contribution is -0.143. The van der Waals surface area contributed by atoms with E-state index in [0.29, 0.717) is 19.3 Å². The van der Waals surface area contributed by atoms with Gasteiger partial charge in [-0.25, -0.2) is 0 Å². The Kier molecular flexibility index (Phi) is 3.52. The fraction of sp³-hybridized carbons (Fsp3) is 0.846. The van der Waals surface area contributed by atoms with Crippen molar-refractivity contribution in [2.24, 2.45) is 5.92 Å². The van der Waals surface area contributed by atoms with Crippen molar-refractivity contribution >= 4 is 11.8 Å². The number of β-amino-alcohol motifs (C(OH)–C–C–N with tert-alkyl or cyclic N) is 1. The largest absolute Gasteiger partial charge is 0.388 e. The minimum Gasteiger partial charge on any atom is -0.388 e. The lowest BCUT2D eigenvalue weighted by Crippen LogP contribution is -2.45. The van der Waals surface area contributed by atoms with Gasteiger partial charge in [0.15, 0.2) is 0 Å². The Balaban J connectivity index is 2.04. The van der Waals surface area contributed by atoms with Gasteiger partial charge < -0.3 is 5.11 Å². The van der Waals surface area contributed by atoms with E-state index in [1.807, 2.05) is 0 Å². The molecule has 1 saturated heterocycles. The van der Waals surface area contributed by atoms with Gasteiger partial charge in [-0.2, -0.15) is 0 Å². The molecule has 0 spiro atoms. The first-order valence-corrected chi connectivity index (χ1v) is 6.58. The summed E-state index contributed by atoms with van der Waals surface area (Å²) in [6, 6.07) is 0. The molecule has 1 N–H and O–H groups in total. The number of hydrogen-bond acceptors (Lipinski definition) is 3. The molecule has 0 radical (unpaired) electrons. The summed E-state index contributed by atoms with van der Waals surface area (Å²) in [6.07, 6.45) is 5.97. The summed E-state index contributed by atoms with van der Waals surface area (Å²) >= 11 is 0. The number of likely N-dealkylation sites (tertiary alicyclic amines) is 1. The standard InChI is InChI=1S/C13H21NO3/c1-10-8-11(15)14(12(10)16)9-13(17)6-4-2-3-5-7-13/h10,17H,2-9H2,1H3. The van der Waals surface area contributed by atoms with Crippen molar-refractivity contribution < 1.29 is 14.7 Å². The number of carbonyl (C=O) groups is 2. The molecule has 17 heavy (non-hydrogen) atoms. The summed E-state index contributed by atoms with van der Waals surface area (Å²) in [6.45, 7) is 1.98. The third kappa shape index (κ3) is 2.68. The molecule has 0 aromatic carbocycles. The predicted octanol–water partition coefficient (Wildman–Crippen LogP) is 1.47. The maximum absolute atomic E-state index is 11.8. The van der Waals surface area contributed by atoms with Crippen molar-refractivity contribution in [1.29, 1.82) is 0 Å². The predicted molar refractivity (Wildman–Crippen MR) is 63.2 cm³/mol. The SMILES string of the molecule is CC1CC(=O)N(CC2(O)CCCCCC2)C1=O. The van der Waals surface area contributed by atoms with Crippen molar-refractivity contribution in [2.75, 3.05) is 6.54 Å². The molecule has 0 bridgehead atoms. The lowest BCUT2D eigenvalue weighted by atomic mass is 9.94. The molecular formula is C13H21NO3. The van der Waals surface area contributed by atoms with E-state index >= 15 is 0 Å². The summed E-state index contributed by atoms with van der Waals surface area (Å²) in [5.74, 6) is -0.454. The summed E-state index contributed by atoms with van der Waals surface area (Å²) < 4.78 is 0. The van der Waals surface area contributed by atoms with Crippen LogP contribution in [0.15, 0.2) is 0 Å². The van der Waals surface area contributed by atoms with Gasteiger partial charge in [0.2, 0.25) is 11.8 Å². The van der Waals surface area contributed by atoms with E-state index in [0.717, 1.165) is 25.7 Å². The van der Waals surface area contributed by atoms with Crippen molar-refractivity contribution in [3.8, 4) is 0 Å². The van der Waals surface area contributed by atoms with Gasteiger partial charge in [-0.05, 0) is 12.8 Å². The number of hydrogen-bond donors (Lipinski definition) is 1. The quantitative estimate of drug-likeness (QED) is 0.586. The Morgan fingerprint density at radius 1 is 1.24 bits per heavy atom. The van der Waals surface area contributed by atoms with Gasteiger partial charge in [0.25, 0.3) is 0 Å². The molecule has 1 atom stereocenters. The number of carbonyl (C=O) groups excluding carboxylic acids is 2. The second-order valence-corrected chi connectivity index (χ2v) is 5.56. The molecule has 0 aromatic heterocycles. The smallest absolute Gasteiger partial charge is 0.232 e. The number of aliphatic hydroxyl groups is 1. The van der Waals surface area contributed by atoms with Gasteiger partial charge in [0.05, 0.1) is 12.1 Å². The molecule has 2 amide bonds. The van der Waals surface area contributed by atoms with E-state index in [2.05, 4.69) is 0 Å². The molecular weight excluding hydrogens is 218 g/mol. The highest BCUT2D eigenvalue weighted by Crippen LogP contribution is 2.30. The van der Waals surface area contributed by atoms with Crippen LogP contribution in [0.1, 0.15) is 51.9 Å². The molecule has 1 unspecified atom stereocenters. The van der Waals surface area contributed by atoms with Gasteiger partial charge >= 0.3 is 0 Å². The molecule has 2 rings (SSSR count). The van der Waals surface area contributed by atoms with E-state index in [1.165, 1.54) is 4.90 Å². The third-order valence-corrected chi connectivity index (χ3v) is 3.96. The highest BCUT2D eigenvalue weighted by molar-refractivity contribution is 6.03. The summed E-state index contributed by atoms with van der Waals surface area (Å²) in [4.78, 5) is 24.8. The van der Waals surface area contributed by atoms with Crippen LogP contribution in [0.5, 0.6) is 0 Å². The number of nitrogens with zero attached hydrogens (tertiary/aromatic N) is 1. The average molecular weight is 239 g/mol. The molecule has 0 aromatic rings. The number of amides is 2. The van der Waals surface area contributed by atoms with E-state index in [9.17, 15) is 14.7 Å². The zero-order valence-corrected chi connectivity index (χ0v) is 10.4. The lowest BCUT2D eigenvalue weighted by Gasteiger charge is -2.30. The second-order valence-electron chi connectivity index (χ2n) is 5.56. The minimum atomic E-state index is -0.841. The molecule has 1 aliphatic carbocycles. The Morgan fingerprint density at radius 3 is 2.29 bits per heavy atom. The molecule has 1 heterocycles. The van der Waals surface area contributed by atoms with Crippen molar-refractivity contribution in [1.82, 2.24) is 4.90 Å². The topological polar surface area (TPSA) is 57.6 Å². The van der Waals surface area contributed by atoms with Crippen LogP contribution in [0, 0.1) is 5.92 Å². The Hall–Kier alpha value is -0.900. The van der Waals surface area contributed by atoms with Gasteiger partial charge in [-0.15, -0.1) is 0 Å².